The Labute approximate surface area is 95.2 Å². The summed E-state index contributed by atoms with van der Waals surface area (Å²) >= 11 is 0. The first kappa shape index (κ1) is 13.0. The highest BCUT2D eigenvalue weighted by molar-refractivity contribution is 4.63. The van der Waals surface area contributed by atoms with E-state index in [4.69, 9.17) is 0 Å². The summed E-state index contributed by atoms with van der Waals surface area (Å²) in [5.41, 5.74) is 3.89. The second-order valence-corrected chi connectivity index (χ2v) is 5.20. The summed E-state index contributed by atoms with van der Waals surface area (Å²) in [5, 5.41) is 0. The van der Waals surface area contributed by atoms with Crippen LogP contribution in [0.15, 0.2) is 0 Å². The fourth-order valence-electron chi connectivity index (χ4n) is 2.73. The van der Waals surface area contributed by atoms with Gasteiger partial charge in [0, 0.05) is 0 Å². The van der Waals surface area contributed by atoms with Gasteiger partial charge in [0.2, 0.25) is 0 Å². The molecular formula is C13H30N2+2. The largest absolute Gasteiger partial charge is 0.358 e. The molecule has 2 nitrogen and oxygen atoms in total. The van der Waals surface area contributed by atoms with E-state index in [9.17, 15) is 0 Å². The third-order valence-corrected chi connectivity index (χ3v) is 3.87. The summed E-state index contributed by atoms with van der Waals surface area (Å²) in [7, 11) is 2.40. The van der Waals surface area contributed by atoms with Gasteiger partial charge in [-0.1, -0.05) is 6.42 Å². The molecule has 4 N–H and O–H groups in total. The molecule has 90 valence electrons. The molecule has 0 saturated heterocycles. The fraction of sp³-hybridized carbons (Fsp3) is 1.00. The monoisotopic (exact) mass is 214 g/mol. The Morgan fingerprint density at radius 3 is 2.33 bits per heavy atom. The highest BCUT2D eigenvalue weighted by Gasteiger charge is 2.20. The molecule has 0 aromatic heterocycles. The van der Waals surface area contributed by atoms with Gasteiger partial charge in [0.1, 0.15) is 0 Å². The van der Waals surface area contributed by atoms with Crippen LogP contribution in [0.1, 0.15) is 57.8 Å². The van der Waals surface area contributed by atoms with E-state index in [0.717, 1.165) is 12.6 Å². The van der Waals surface area contributed by atoms with Crippen LogP contribution in [-0.2, 0) is 0 Å². The first-order valence-corrected chi connectivity index (χ1v) is 6.96. The third kappa shape index (κ3) is 5.53. The average molecular weight is 214 g/mol. The first-order valence-electron chi connectivity index (χ1n) is 6.96. The van der Waals surface area contributed by atoms with Gasteiger partial charge in [-0.2, -0.15) is 0 Å². The van der Waals surface area contributed by atoms with Crippen LogP contribution >= 0.6 is 0 Å². The molecule has 0 spiro atoms. The molecule has 0 radical (unpaired) electrons. The first-order chi connectivity index (χ1) is 7.34. The molecule has 1 atom stereocenters. The summed E-state index contributed by atoms with van der Waals surface area (Å²) in [6, 6.07) is 0.978. The van der Waals surface area contributed by atoms with Gasteiger partial charge in [-0.3, -0.25) is 0 Å². The normalized spacial score (nSPS) is 20.4. The van der Waals surface area contributed by atoms with E-state index < -0.39 is 0 Å². The molecule has 1 aliphatic carbocycles. The second-order valence-electron chi connectivity index (χ2n) is 5.20. The highest BCUT2D eigenvalue weighted by Crippen LogP contribution is 2.15. The van der Waals surface area contributed by atoms with E-state index in [1.54, 1.807) is 4.90 Å². The van der Waals surface area contributed by atoms with Crippen molar-refractivity contribution in [1.82, 2.24) is 0 Å². The summed E-state index contributed by atoms with van der Waals surface area (Å²) in [4.78, 5) is 1.80. The van der Waals surface area contributed by atoms with Crippen molar-refractivity contribution in [1.29, 1.82) is 0 Å². The van der Waals surface area contributed by atoms with Gasteiger partial charge in [-0.25, -0.2) is 0 Å². The van der Waals surface area contributed by atoms with Gasteiger partial charge in [-0.05, 0) is 51.4 Å². The zero-order valence-electron chi connectivity index (χ0n) is 10.6. The molecule has 15 heavy (non-hydrogen) atoms. The van der Waals surface area contributed by atoms with Crippen LogP contribution in [0.5, 0.6) is 0 Å². The van der Waals surface area contributed by atoms with Crippen LogP contribution in [0.2, 0.25) is 0 Å². The van der Waals surface area contributed by atoms with Crippen molar-refractivity contribution in [2.24, 2.45) is 0 Å². The van der Waals surface area contributed by atoms with Crippen LogP contribution in [-0.4, -0.2) is 26.2 Å². The molecule has 1 aliphatic rings. The van der Waals surface area contributed by atoms with E-state index in [2.05, 4.69) is 12.8 Å². The van der Waals surface area contributed by atoms with Crippen molar-refractivity contribution in [2.75, 3.05) is 20.1 Å². The molecular weight excluding hydrogens is 184 g/mol. The predicted octanol–water partition coefficient (Wildman–Crippen LogP) is 0.636. The molecule has 0 aromatic carbocycles. The van der Waals surface area contributed by atoms with Crippen LogP contribution in [0, 0.1) is 0 Å². The number of hydrogen-bond acceptors (Lipinski definition) is 0. The molecule has 1 saturated carbocycles. The van der Waals surface area contributed by atoms with E-state index in [1.807, 2.05) is 0 Å². The SMILES string of the molecule is C[NH+](CCCCCC[NH3+])C1CCCCC1. The van der Waals surface area contributed by atoms with Crippen molar-refractivity contribution < 1.29 is 10.6 Å². The maximum atomic E-state index is 3.89. The molecule has 1 fully saturated rings. The molecule has 0 aromatic rings. The van der Waals surface area contributed by atoms with Crippen molar-refractivity contribution in [3.8, 4) is 0 Å². The Morgan fingerprint density at radius 2 is 1.67 bits per heavy atom. The van der Waals surface area contributed by atoms with Crippen LogP contribution in [0.25, 0.3) is 0 Å². The maximum absolute atomic E-state index is 3.89. The van der Waals surface area contributed by atoms with Crippen molar-refractivity contribution >= 4 is 0 Å². The van der Waals surface area contributed by atoms with E-state index in [-0.39, 0.29) is 0 Å². The quantitative estimate of drug-likeness (QED) is 0.583. The molecule has 0 bridgehead atoms. The van der Waals surface area contributed by atoms with Crippen molar-refractivity contribution in [2.45, 2.75) is 63.8 Å². The number of hydrogen-bond donors (Lipinski definition) is 2. The Morgan fingerprint density at radius 1 is 1.00 bits per heavy atom. The highest BCUT2D eigenvalue weighted by atomic mass is 15.1. The zero-order valence-corrected chi connectivity index (χ0v) is 10.6. The zero-order chi connectivity index (χ0) is 10.9. The molecule has 0 heterocycles. The van der Waals surface area contributed by atoms with Gasteiger partial charge >= 0.3 is 0 Å². The van der Waals surface area contributed by atoms with Crippen molar-refractivity contribution in [3.05, 3.63) is 0 Å². The molecule has 1 unspecified atom stereocenters. The molecule has 0 aliphatic heterocycles. The smallest absolute Gasteiger partial charge is 0.0872 e. The summed E-state index contributed by atoms with van der Waals surface area (Å²) in [5.74, 6) is 0. The van der Waals surface area contributed by atoms with Crippen molar-refractivity contribution in [3.63, 3.8) is 0 Å². The summed E-state index contributed by atoms with van der Waals surface area (Å²) < 4.78 is 0. The summed E-state index contributed by atoms with van der Waals surface area (Å²) in [6.45, 7) is 2.51. The standard InChI is InChI=1S/C13H28N2/c1-15(12-8-3-2-7-11-14)13-9-5-4-6-10-13/h13H,2-12,14H2,1H3/p+2. The van der Waals surface area contributed by atoms with E-state index in [0.29, 0.717) is 0 Å². The lowest BCUT2D eigenvalue weighted by Gasteiger charge is -2.28. The van der Waals surface area contributed by atoms with E-state index in [1.165, 1.54) is 64.3 Å². The lowest BCUT2D eigenvalue weighted by Crippen LogP contribution is -3.13. The van der Waals surface area contributed by atoms with Crippen LogP contribution < -0.4 is 10.6 Å². The predicted molar refractivity (Wildman–Crippen MR) is 64.8 cm³/mol. The number of rotatable bonds is 7. The lowest BCUT2D eigenvalue weighted by molar-refractivity contribution is -0.907. The second kappa shape index (κ2) is 8.12. The fourth-order valence-corrected chi connectivity index (χ4v) is 2.73. The van der Waals surface area contributed by atoms with Gasteiger partial charge in [0.15, 0.2) is 0 Å². The molecule has 1 rings (SSSR count). The third-order valence-electron chi connectivity index (χ3n) is 3.87. The Bertz CT molecular complexity index is 141. The summed E-state index contributed by atoms with van der Waals surface area (Å²) in [6.07, 6.45) is 12.9. The molecule has 0 amide bonds. The van der Waals surface area contributed by atoms with Gasteiger partial charge in [-0.15, -0.1) is 0 Å². The number of unbranched alkanes of at least 4 members (excludes halogenated alkanes) is 3. The van der Waals surface area contributed by atoms with E-state index >= 15 is 0 Å². The Balaban J connectivity index is 1.99. The van der Waals surface area contributed by atoms with Gasteiger partial charge in [0.05, 0.1) is 26.2 Å². The minimum absolute atomic E-state index is 0.978. The maximum Gasteiger partial charge on any atom is 0.0872 e. The Hall–Kier alpha value is -0.0800. The van der Waals surface area contributed by atoms with Gasteiger partial charge < -0.3 is 10.6 Å². The average Bonchev–Trinajstić information content (AvgIpc) is 2.30. The molecule has 2 heteroatoms. The van der Waals surface area contributed by atoms with Gasteiger partial charge in [0.25, 0.3) is 0 Å². The number of nitrogens with one attached hydrogen (secondary N) is 1. The minimum Gasteiger partial charge on any atom is -0.358 e. The number of quaternary nitrogens is 2. The topological polar surface area (TPSA) is 32.1 Å². The minimum atomic E-state index is 0.978. The van der Waals surface area contributed by atoms with Crippen LogP contribution in [0.4, 0.5) is 0 Å². The Kier molecular flexibility index (Phi) is 7.03. The lowest BCUT2D eigenvalue weighted by atomic mass is 9.94. The van der Waals surface area contributed by atoms with Crippen LogP contribution in [0.3, 0.4) is 0 Å².